The van der Waals surface area contributed by atoms with Gasteiger partial charge < -0.3 is 4.57 Å². The first-order chi connectivity index (χ1) is 10.6. The average Bonchev–Trinajstić information content (AvgIpc) is 2.99. The maximum absolute atomic E-state index is 12.7. The molecule has 4 rings (SSSR count). The summed E-state index contributed by atoms with van der Waals surface area (Å²) in [5, 5.41) is 1.25. The molecule has 4 aromatic rings. The molecule has 22 heavy (non-hydrogen) atoms. The van der Waals surface area contributed by atoms with Gasteiger partial charge in [-0.15, -0.1) is 11.3 Å². The molecular weight excluding hydrogens is 318 g/mol. The van der Waals surface area contributed by atoms with E-state index in [9.17, 15) is 4.79 Å². The second-order valence-electron chi connectivity index (χ2n) is 5.02. The summed E-state index contributed by atoms with van der Waals surface area (Å²) in [6.45, 7) is 0. The molecule has 3 aromatic heterocycles. The SMILES string of the molecule is Cn1c(=O)c(-c2ccc3scnc3c2)cc2cnc(Cl)cc21. The molecule has 0 saturated heterocycles. The number of hydrogen-bond acceptors (Lipinski definition) is 4. The van der Waals surface area contributed by atoms with Crippen LogP contribution in [0.2, 0.25) is 5.15 Å². The van der Waals surface area contributed by atoms with Gasteiger partial charge in [-0.1, -0.05) is 17.7 Å². The van der Waals surface area contributed by atoms with Crippen molar-refractivity contribution in [2.75, 3.05) is 0 Å². The highest BCUT2D eigenvalue weighted by molar-refractivity contribution is 7.16. The van der Waals surface area contributed by atoms with Crippen LogP contribution in [-0.4, -0.2) is 14.5 Å². The lowest BCUT2D eigenvalue weighted by atomic mass is 10.1. The topological polar surface area (TPSA) is 47.8 Å². The maximum atomic E-state index is 12.7. The second kappa shape index (κ2) is 4.90. The summed E-state index contributed by atoms with van der Waals surface area (Å²) in [4.78, 5) is 21.1. The number of rotatable bonds is 1. The zero-order valence-corrected chi connectivity index (χ0v) is 13.1. The first kappa shape index (κ1) is 13.4. The van der Waals surface area contributed by atoms with Crippen molar-refractivity contribution >= 4 is 44.1 Å². The molecular formula is C16H10ClN3OS. The fraction of sp³-hybridized carbons (Fsp3) is 0.0625. The normalized spacial score (nSPS) is 11.4. The van der Waals surface area contributed by atoms with E-state index in [1.165, 1.54) is 0 Å². The molecule has 0 atom stereocenters. The standard InChI is InChI=1S/C16H10ClN3OS/c1-20-13-6-15(17)18-7-10(13)4-11(16(20)21)9-2-3-14-12(5-9)19-8-22-14/h2-8H,1H3. The molecule has 6 heteroatoms. The van der Waals surface area contributed by atoms with Crippen LogP contribution >= 0.6 is 22.9 Å². The molecule has 0 aliphatic carbocycles. The Hall–Kier alpha value is -2.24. The summed E-state index contributed by atoms with van der Waals surface area (Å²) in [5.41, 5.74) is 4.90. The number of aryl methyl sites for hydroxylation is 1. The molecule has 0 radical (unpaired) electrons. The smallest absolute Gasteiger partial charge is 0.258 e. The lowest BCUT2D eigenvalue weighted by Crippen LogP contribution is -2.19. The van der Waals surface area contributed by atoms with Gasteiger partial charge in [0.25, 0.3) is 5.56 Å². The summed E-state index contributed by atoms with van der Waals surface area (Å²) in [5.74, 6) is 0. The number of fused-ring (bicyclic) bond motifs is 2. The predicted molar refractivity (Wildman–Crippen MR) is 90.6 cm³/mol. The average molecular weight is 328 g/mol. The summed E-state index contributed by atoms with van der Waals surface area (Å²) in [6, 6.07) is 9.44. The molecule has 108 valence electrons. The van der Waals surface area contributed by atoms with Gasteiger partial charge in [0.05, 0.1) is 21.2 Å². The molecule has 0 N–H and O–H groups in total. The molecule has 4 nitrogen and oxygen atoms in total. The van der Waals surface area contributed by atoms with Crippen LogP contribution in [-0.2, 0) is 7.05 Å². The van der Waals surface area contributed by atoms with E-state index >= 15 is 0 Å². The maximum Gasteiger partial charge on any atom is 0.258 e. The minimum atomic E-state index is -0.0654. The lowest BCUT2D eigenvalue weighted by Gasteiger charge is -2.09. The summed E-state index contributed by atoms with van der Waals surface area (Å²) < 4.78 is 2.71. The molecule has 0 bridgehead atoms. The van der Waals surface area contributed by atoms with E-state index in [-0.39, 0.29) is 5.56 Å². The van der Waals surface area contributed by atoms with Gasteiger partial charge in [-0.25, -0.2) is 9.97 Å². The van der Waals surface area contributed by atoms with E-state index < -0.39 is 0 Å². The van der Waals surface area contributed by atoms with E-state index in [2.05, 4.69) is 9.97 Å². The minimum Gasteiger partial charge on any atom is -0.311 e. The van der Waals surface area contributed by atoms with Crippen LogP contribution in [0.3, 0.4) is 0 Å². The lowest BCUT2D eigenvalue weighted by molar-refractivity contribution is 0.907. The number of hydrogen-bond donors (Lipinski definition) is 0. The molecule has 0 spiro atoms. The van der Waals surface area contributed by atoms with Crippen molar-refractivity contribution in [2.45, 2.75) is 0 Å². The highest BCUT2D eigenvalue weighted by Crippen LogP contribution is 2.26. The Labute approximate surface area is 134 Å². The minimum absolute atomic E-state index is 0.0654. The molecule has 0 aliphatic heterocycles. The van der Waals surface area contributed by atoms with E-state index in [1.54, 1.807) is 40.7 Å². The summed E-state index contributed by atoms with van der Waals surface area (Å²) in [6.07, 6.45) is 1.68. The fourth-order valence-corrected chi connectivity index (χ4v) is 3.38. The Balaban J connectivity index is 2.03. The van der Waals surface area contributed by atoms with Gasteiger partial charge in [0.1, 0.15) is 5.15 Å². The van der Waals surface area contributed by atoms with E-state index in [4.69, 9.17) is 11.6 Å². The Morgan fingerprint density at radius 3 is 2.91 bits per heavy atom. The molecule has 3 heterocycles. The van der Waals surface area contributed by atoms with Crippen molar-refractivity contribution in [3.63, 3.8) is 0 Å². The number of halogens is 1. The number of pyridine rings is 2. The van der Waals surface area contributed by atoms with Crippen molar-refractivity contribution in [1.82, 2.24) is 14.5 Å². The zero-order chi connectivity index (χ0) is 15.3. The Kier molecular flexibility index (Phi) is 2.99. The van der Waals surface area contributed by atoms with Crippen LogP contribution in [0.5, 0.6) is 0 Å². The third-order valence-corrected chi connectivity index (χ3v) is 4.73. The second-order valence-corrected chi connectivity index (χ2v) is 6.30. The third kappa shape index (κ3) is 2.01. The quantitative estimate of drug-likeness (QED) is 0.499. The number of nitrogens with zero attached hydrogens (tertiary/aromatic N) is 3. The molecule has 0 unspecified atom stereocenters. The van der Waals surface area contributed by atoms with Crippen molar-refractivity contribution in [1.29, 1.82) is 0 Å². The van der Waals surface area contributed by atoms with E-state index in [0.717, 1.165) is 26.7 Å². The highest BCUT2D eigenvalue weighted by Gasteiger charge is 2.11. The van der Waals surface area contributed by atoms with Crippen molar-refractivity contribution < 1.29 is 0 Å². The first-order valence-corrected chi connectivity index (χ1v) is 7.88. The molecule has 0 aliphatic rings. The van der Waals surface area contributed by atoms with Gasteiger partial charge in [0, 0.05) is 24.2 Å². The van der Waals surface area contributed by atoms with Gasteiger partial charge in [0.15, 0.2) is 0 Å². The highest BCUT2D eigenvalue weighted by atomic mass is 35.5. The van der Waals surface area contributed by atoms with Crippen LogP contribution in [0.15, 0.2) is 46.8 Å². The van der Waals surface area contributed by atoms with Gasteiger partial charge >= 0.3 is 0 Å². The predicted octanol–water partition coefficient (Wildman–Crippen LogP) is 3.86. The fourth-order valence-electron chi connectivity index (χ4n) is 2.57. The van der Waals surface area contributed by atoms with Crippen molar-refractivity contribution in [2.24, 2.45) is 7.05 Å². The van der Waals surface area contributed by atoms with Crippen LogP contribution in [0.1, 0.15) is 0 Å². The van der Waals surface area contributed by atoms with Crippen molar-refractivity contribution in [3.8, 4) is 11.1 Å². The number of thiazole rings is 1. The Morgan fingerprint density at radius 2 is 2.05 bits per heavy atom. The Bertz CT molecular complexity index is 1080. The molecule has 0 fully saturated rings. The Morgan fingerprint density at radius 1 is 1.18 bits per heavy atom. The van der Waals surface area contributed by atoms with Crippen LogP contribution in [0, 0.1) is 0 Å². The molecule has 0 saturated carbocycles. The number of benzene rings is 1. The van der Waals surface area contributed by atoms with Crippen LogP contribution in [0.4, 0.5) is 0 Å². The van der Waals surface area contributed by atoms with Crippen LogP contribution in [0.25, 0.3) is 32.2 Å². The first-order valence-electron chi connectivity index (χ1n) is 6.62. The largest absolute Gasteiger partial charge is 0.311 e. The van der Waals surface area contributed by atoms with Gasteiger partial charge in [-0.05, 0) is 29.8 Å². The third-order valence-electron chi connectivity index (χ3n) is 3.72. The van der Waals surface area contributed by atoms with Gasteiger partial charge in [-0.3, -0.25) is 4.79 Å². The van der Waals surface area contributed by atoms with E-state index in [1.807, 2.05) is 24.3 Å². The monoisotopic (exact) mass is 327 g/mol. The zero-order valence-electron chi connectivity index (χ0n) is 11.6. The molecule has 0 amide bonds. The molecule has 1 aromatic carbocycles. The van der Waals surface area contributed by atoms with Crippen LogP contribution < -0.4 is 5.56 Å². The summed E-state index contributed by atoms with van der Waals surface area (Å²) in [7, 11) is 1.74. The van der Waals surface area contributed by atoms with Gasteiger partial charge in [0.2, 0.25) is 0 Å². The van der Waals surface area contributed by atoms with Crippen molar-refractivity contribution in [3.05, 3.63) is 57.5 Å². The number of aromatic nitrogens is 3. The summed E-state index contributed by atoms with van der Waals surface area (Å²) >= 11 is 7.50. The van der Waals surface area contributed by atoms with Gasteiger partial charge in [-0.2, -0.15) is 0 Å². The van der Waals surface area contributed by atoms with E-state index in [0.29, 0.717) is 10.7 Å².